The van der Waals surface area contributed by atoms with Crippen LogP contribution in [0.3, 0.4) is 0 Å². The second-order valence-electron chi connectivity index (χ2n) is 6.20. The van der Waals surface area contributed by atoms with Gasteiger partial charge in [0.05, 0.1) is 6.10 Å². The van der Waals surface area contributed by atoms with Crippen molar-refractivity contribution >= 4 is 11.6 Å². The monoisotopic (exact) mass is 345 g/mol. The van der Waals surface area contributed by atoms with Crippen molar-refractivity contribution in [2.75, 3.05) is 11.4 Å². The van der Waals surface area contributed by atoms with E-state index in [9.17, 15) is 13.6 Å². The number of halogens is 2. The molecule has 132 valence electrons. The summed E-state index contributed by atoms with van der Waals surface area (Å²) in [5, 5.41) is 0. The molecule has 1 aliphatic carbocycles. The summed E-state index contributed by atoms with van der Waals surface area (Å²) in [6.45, 7) is 2.14. The summed E-state index contributed by atoms with van der Waals surface area (Å²) >= 11 is 0. The molecule has 0 bridgehead atoms. The lowest BCUT2D eigenvalue weighted by Crippen LogP contribution is -2.30. The Labute approximate surface area is 146 Å². The van der Waals surface area contributed by atoms with E-state index in [1.165, 1.54) is 23.8 Å². The Balaban J connectivity index is 1.74. The highest BCUT2D eigenvalue weighted by Gasteiger charge is 2.19. The standard InChI is InChI=1S/C20H21F2NO2/c1-2-23(15-9-12-18(21)19(22)13-15)20(24)14-7-10-17(11-8-14)25-16-5-3-4-6-16/h7-13,16H,2-6H2,1H3. The number of ether oxygens (including phenoxy) is 1. The van der Waals surface area contributed by atoms with Gasteiger partial charge in [0.25, 0.3) is 5.91 Å². The first-order valence-electron chi connectivity index (χ1n) is 8.62. The molecule has 2 aromatic carbocycles. The quantitative estimate of drug-likeness (QED) is 0.767. The molecule has 5 heteroatoms. The van der Waals surface area contributed by atoms with Crippen LogP contribution in [0.5, 0.6) is 5.75 Å². The van der Waals surface area contributed by atoms with E-state index in [1.807, 2.05) is 0 Å². The van der Waals surface area contributed by atoms with E-state index >= 15 is 0 Å². The zero-order valence-corrected chi connectivity index (χ0v) is 14.2. The first-order chi connectivity index (χ1) is 12.1. The molecule has 0 saturated heterocycles. The number of rotatable bonds is 5. The molecule has 3 rings (SSSR count). The second-order valence-corrected chi connectivity index (χ2v) is 6.20. The number of nitrogens with zero attached hydrogens (tertiary/aromatic N) is 1. The van der Waals surface area contributed by atoms with Crippen molar-refractivity contribution in [3.63, 3.8) is 0 Å². The summed E-state index contributed by atoms with van der Waals surface area (Å²) in [5.74, 6) is -1.41. The highest BCUT2D eigenvalue weighted by Crippen LogP contribution is 2.25. The number of benzene rings is 2. The van der Waals surface area contributed by atoms with Crippen LogP contribution in [0.2, 0.25) is 0 Å². The van der Waals surface area contributed by atoms with Gasteiger partial charge < -0.3 is 9.64 Å². The maximum atomic E-state index is 13.5. The molecule has 3 nitrogen and oxygen atoms in total. The second kappa shape index (κ2) is 7.64. The normalized spacial score (nSPS) is 14.5. The van der Waals surface area contributed by atoms with E-state index in [0.717, 1.165) is 30.7 Å². The van der Waals surface area contributed by atoms with Gasteiger partial charge in [0.1, 0.15) is 5.75 Å². The minimum absolute atomic E-state index is 0.260. The molecule has 25 heavy (non-hydrogen) atoms. The smallest absolute Gasteiger partial charge is 0.258 e. The first kappa shape index (κ1) is 17.4. The van der Waals surface area contributed by atoms with Crippen molar-refractivity contribution in [2.45, 2.75) is 38.7 Å². The summed E-state index contributed by atoms with van der Waals surface area (Å²) in [6, 6.07) is 10.4. The van der Waals surface area contributed by atoms with Crippen molar-refractivity contribution < 1.29 is 18.3 Å². The van der Waals surface area contributed by atoms with Crippen LogP contribution in [-0.4, -0.2) is 18.6 Å². The molecule has 0 heterocycles. The number of carbonyl (C=O) groups is 1. The Kier molecular flexibility index (Phi) is 5.31. The fourth-order valence-electron chi connectivity index (χ4n) is 3.13. The zero-order chi connectivity index (χ0) is 17.8. The minimum Gasteiger partial charge on any atom is -0.490 e. The molecule has 0 spiro atoms. The molecule has 0 aromatic heterocycles. The predicted octanol–water partition coefficient (Wildman–Crippen LogP) is 4.95. The number of hydrogen-bond donors (Lipinski definition) is 0. The number of anilines is 1. The van der Waals surface area contributed by atoms with Crippen molar-refractivity contribution in [1.82, 2.24) is 0 Å². The molecule has 0 atom stereocenters. The van der Waals surface area contributed by atoms with Gasteiger partial charge in [0.2, 0.25) is 0 Å². The maximum Gasteiger partial charge on any atom is 0.258 e. The topological polar surface area (TPSA) is 29.5 Å². The minimum atomic E-state index is -0.968. The van der Waals surface area contributed by atoms with Crippen LogP contribution < -0.4 is 9.64 Å². The van der Waals surface area contributed by atoms with Gasteiger partial charge >= 0.3 is 0 Å². The lowest BCUT2D eigenvalue weighted by molar-refractivity contribution is 0.0988. The van der Waals surface area contributed by atoms with Gasteiger partial charge in [-0.25, -0.2) is 8.78 Å². The van der Waals surface area contributed by atoms with E-state index in [-0.39, 0.29) is 12.0 Å². The van der Waals surface area contributed by atoms with Gasteiger partial charge in [-0.3, -0.25) is 4.79 Å². The van der Waals surface area contributed by atoms with E-state index in [2.05, 4.69) is 0 Å². The molecule has 1 aliphatic rings. The maximum absolute atomic E-state index is 13.5. The highest BCUT2D eigenvalue weighted by molar-refractivity contribution is 6.06. The summed E-state index contributed by atoms with van der Waals surface area (Å²) in [5.41, 5.74) is 0.808. The van der Waals surface area contributed by atoms with Crippen molar-refractivity contribution in [3.8, 4) is 5.75 Å². The van der Waals surface area contributed by atoms with Gasteiger partial charge in [-0.2, -0.15) is 0 Å². The van der Waals surface area contributed by atoms with Crippen molar-refractivity contribution in [1.29, 1.82) is 0 Å². The lowest BCUT2D eigenvalue weighted by Gasteiger charge is -2.21. The zero-order valence-electron chi connectivity index (χ0n) is 14.2. The van der Waals surface area contributed by atoms with Gasteiger partial charge in [0, 0.05) is 23.9 Å². The molecule has 1 fully saturated rings. The first-order valence-corrected chi connectivity index (χ1v) is 8.62. The van der Waals surface area contributed by atoms with Gasteiger partial charge in [-0.1, -0.05) is 0 Å². The third-order valence-corrected chi connectivity index (χ3v) is 4.48. The van der Waals surface area contributed by atoms with Crippen LogP contribution in [-0.2, 0) is 0 Å². The van der Waals surface area contributed by atoms with Gasteiger partial charge in [0.15, 0.2) is 11.6 Å². The Morgan fingerprint density at radius 3 is 2.36 bits per heavy atom. The summed E-state index contributed by atoms with van der Waals surface area (Å²) in [7, 11) is 0. The number of amides is 1. The van der Waals surface area contributed by atoms with Gasteiger partial charge in [-0.05, 0) is 69.0 Å². The molecular weight excluding hydrogens is 324 g/mol. The summed E-state index contributed by atoms with van der Waals surface area (Å²) in [4.78, 5) is 14.1. The third kappa shape index (κ3) is 3.98. The van der Waals surface area contributed by atoms with Crippen molar-refractivity contribution in [3.05, 3.63) is 59.7 Å². The lowest BCUT2D eigenvalue weighted by atomic mass is 10.1. The van der Waals surface area contributed by atoms with E-state index in [0.29, 0.717) is 17.8 Å². The molecule has 2 aromatic rings. The fourth-order valence-corrected chi connectivity index (χ4v) is 3.13. The summed E-state index contributed by atoms with van der Waals surface area (Å²) < 4.78 is 32.5. The highest BCUT2D eigenvalue weighted by atomic mass is 19.2. The average molecular weight is 345 g/mol. The predicted molar refractivity (Wildman–Crippen MR) is 93.0 cm³/mol. The van der Waals surface area contributed by atoms with Crippen LogP contribution in [0.25, 0.3) is 0 Å². The van der Waals surface area contributed by atoms with Crippen LogP contribution in [0, 0.1) is 11.6 Å². The molecule has 0 radical (unpaired) electrons. The van der Waals surface area contributed by atoms with Crippen LogP contribution in [0.1, 0.15) is 43.0 Å². The van der Waals surface area contributed by atoms with Crippen LogP contribution in [0.15, 0.2) is 42.5 Å². The Morgan fingerprint density at radius 1 is 1.08 bits per heavy atom. The fraction of sp³-hybridized carbons (Fsp3) is 0.350. The van der Waals surface area contributed by atoms with E-state index in [4.69, 9.17) is 4.74 Å². The number of hydrogen-bond acceptors (Lipinski definition) is 2. The Morgan fingerprint density at radius 2 is 1.76 bits per heavy atom. The Bertz CT molecular complexity index is 740. The van der Waals surface area contributed by atoms with Gasteiger partial charge in [-0.15, -0.1) is 0 Å². The molecular formula is C20H21F2NO2. The third-order valence-electron chi connectivity index (χ3n) is 4.48. The number of carbonyl (C=O) groups excluding carboxylic acids is 1. The molecule has 0 N–H and O–H groups in total. The Hall–Kier alpha value is -2.43. The SMILES string of the molecule is CCN(C(=O)c1ccc(OC2CCCC2)cc1)c1ccc(F)c(F)c1. The average Bonchev–Trinajstić information content (AvgIpc) is 3.12. The summed E-state index contributed by atoms with van der Waals surface area (Å²) in [6.07, 6.45) is 4.79. The van der Waals surface area contributed by atoms with Crippen LogP contribution in [0.4, 0.5) is 14.5 Å². The molecule has 0 aliphatic heterocycles. The largest absolute Gasteiger partial charge is 0.490 e. The van der Waals surface area contributed by atoms with E-state index in [1.54, 1.807) is 31.2 Å². The van der Waals surface area contributed by atoms with E-state index < -0.39 is 11.6 Å². The molecule has 1 saturated carbocycles. The van der Waals surface area contributed by atoms with Crippen molar-refractivity contribution in [2.24, 2.45) is 0 Å². The molecule has 0 unspecified atom stereocenters. The van der Waals surface area contributed by atoms with Crippen LogP contribution >= 0.6 is 0 Å². The molecule has 1 amide bonds.